The summed E-state index contributed by atoms with van der Waals surface area (Å²) in [6.07, 6.45) is 11.2. The van der Waals surface area contributed by atoms with Gasteiger partial charge in [0.1, 0.15) is 0 Å². The van der Waals surface area contributed by atoms with Crippen LogP contribution in [0.4, 0.5) is 0 Å². The fourth-order valence-electron chi connectivity index (χ4n) is 5.40. The molecule has 126 valence electrons. The molecule has 1 aromatic heterocycles. The van der Waals surface area contributed by atoms with Crippen molar-refractivity contribution >= 4 is 5.91 Å². The van der Waals surface area contributed by atoms with Crippen molar-refractivity contribution in [2.24, 2.45) is 35.5 Å². The second-order valence-electron chi connectivity index (χ2n) is 8.19. The molecule has 4 heteroatoms. The second kappa shape index (κ2) is 5.69. The minimum atomic E-state index is 0.247. The van der Waals surface area contributed by atoms with Crippen LogP contribution in [0.5, 0.6) is 0 Å². The third-order valence-corrected chi connectivity index (χ3v) is 6.67. The maximum absolute atomic E-state index is 12.4. The number of hydrogen-bond acceptors (Lipinski definition) is 3. The zero-order chi connectivity index (χ0) is 16.1. The van der Waals surface area contributed by atoms with Crippen LogP contribution < -0.4 is 5.32 Å². The van der Waals surface area contributed by atoms with Gasteiger partial charge in [-0.1, -0.05) is 18.2 Å². The molecule has 5 rings (SSSR count). The zero-order valence-corrected chi connectivity index (χ0v) is 14.0. The fourth-order valence-corrected chi connectivity index (χ4v) is 5.40. The van der Waals surface area contributed by atoms with Crippen LogP contribution in [0.1, 0.15) is 18.4 Å². The molecular weight excluding hydrogens is 298 g/mol. The number of pyridine rings is 1. The molecule has 4 aliphatic rings. The molecule has 1 aromatic rings. The van der Waals surface area contributed by atoms with Gasteiger partial charge >= 0.3 is 0 Å². The van der Waals surface area contributed by atoms with Gasteiger partial charge in [-0.2, -0.15) is 0 Å². The number of carbonyl (C=O) groups is 1. The summed E-state index contributed by atoms with van der Waals surface area (Å²) in [5.41, 5.74) is 1.07. The highest BCUT2D eigenvalue weighted by Crippen LogP contribution is 2.53. The number of piperidine rings is 1. The summed E-state index contributed by atoms with van der Waals surface area (Å²) in [4.78, 5) is 19.1. The van der Waals surface area contributed by atoms with Crippen molar-refractivity contribution in [2.75, 3.05) is 19.6 Å². The average Bonchev–Trinajstić information content (AvgIpc) is 3.01. The molecule has 1 saturated heterocycles. The number of aromatic nitrogens is 1. The Balaban J connectivity index is 1.09. The van der Waals surface area contributed by atoms with Gasteiger partial charge in [-0.3, -0.25) is 9.78 Å². The predicted molar refractivity (Wildman–Crippen MR) is 91.8 cm³/mol. The van der Waals surface area contributed by atoms with Crippen LogP contribution in [0.3, 0.4) is 0 Å². The Hall–Kier alpha value is -1.68. The van der Waals surface area contributed by atoms with Crippen LogP contribution in [-0.2, 0) is 11.3 Å². The number of hydrogen-bond donors (Lipinski definition) is 1. The first kappa shape index (κ1) is 14.6. The molecule has 4 nitrogen and oxygen atoms in total. The molecule has 0 aromatic carbocycles. The summed E-state index contributed by atoms with van der Waals surface area (Å²) >= 11 is 0. The summed E-state index contributed by atoms with van der Waals surface area (Å²) in [6.45, 7) is 4.12. The molecule has 1 N–H and O–H groups in total. The van der Waals surface area contributed by atoms with E-state index in [1.54, 1.807) is 6.20 Å². The van der Waals surface area contributed by atoms with E-state index in [2.05, 4.69) is 27.4 Å². The van der Waals surface area contributed by atoms with Crippen molar-refractivity contribution < 1.29 is 4.79 Å². The SMILES string of the molecule is O=C(NCc1cccnc1)C1[C@H]2CN(CC3C[C@H]4C=C[C@@H]3C4)C[C@@H]12. The van der Waals surface area contributed by atoms with E-state index >= 15 is 0 Å². The molecule has 2 heterocycles. The fraction of sp³-hybridized carbons (Fsp3) is 0.600. The normalized spacial score (nSPS) is 39.2. The Morgan fingerprint density at radius 2 is 2.12 bits per heavy atom. The molecule has 1 aliphatic heterocycles. The van der Waals surface area contributed by atoms with Crippen LogP contribution in [0, 0.1) is 35.5 Å². The van der Waals surface area contributed by atoms with Gasteiger partial charge in [0, 0.05) is 44.5 Å². The topological polar surface area (TPSA) is 45.2 Å². The monoisotopic (exact) mass is 323 g/mol. The quantitative estimate of drug-likeness (QED) is 0.844. The molecule has 0 spiro atoms. The van der Waals surface area contributed by atoms with E-state index in [4.69, 9.17) is 0 Å². The second-order valence-corrected chi connectivity index (χ2v) is 8.19. The van der Waals surface area contributed by atoms with Gasteiger partial charge in [0.25, 0.3) is 0 Å². The van der Waals surface area contributed by atoms with E-state index in [1.807, 2.05) is 18.3 Å². The van der Waals surface area contributed by atoms with Crippen molar-refractivity contribution in [3.8, 4) is 0 Å². The van der Waals surface area contributed by atoms with Crippen molar-refractivity contribution in [1.29, 1.82) is 0 Å². The van der Waals surface area contributed by atoms with Crippen LogP contribution in [0.15, 0.2) is 36.7 Å². The summed E-state index contributed by atoms with van der Waals surface area (Å²) in [6, 6.07) is 3.92. The standard InChI is InChI=1S/C20H25N3O/c24-20(22-9-14-2-1-5-21-8-14)19-17-11-23(12-18(17)19)10-16-7-13-3-4-15(16)6-13/h1-5,8,13,15-19H,6-7,9-12H2,(H,22,24)/t13-,15+,16?,17-,18+,19?/m0/s1. The van der Waals surface area contributed by atoms with Gasteiger partial charge in [-0.15, -0.1) is 0 Å². The maximum Gasteiger partial charge on any atom is 0.224 e. The minimum Gasteiger partial charge on any atom is -0.352 e. The third kappa shape index (κ3) is 2.57. The van der Waals surface area contributed by atoms with E-state index < -0.39 is 0 Å². The lowest BCUT2D eigenvalue weighted by Gasteiger charge is -2.26. The number of allylic oxidation sites excluding steroid dienone is 2. The Labute approximate surface area is 143 Å². The van der Waals surface area contributed by atoms with Crippen LogP contribution in [0.2, 0.25) is 0 Å². The molecule has 6 atom stereocenters. The van der Waals surface area contributed by atoms with E-state index in [0.29, 0.717) is 18.4 Å². The first-order chi connectivity index (χ1) is 11.8. The van der Waals surface area contributed by atoms with E-state index in [1.165, 1.54) is 19.4 Å². The van der Waals surface area contributed by atoms with Gasteiger partial charge in [-0.25, -0.2) is 0 Å². The number of nitrogens with zero attached hydrogens (tertiary/aromatic N) is 2. The lowest BCUT2D eigenvalue weighted by molar-refractivity contribution is -0.123. The molecular formula is C20H25N3O. The average molecular weight is 323 g/mol. The predicted octanol–water partition coefficient (Wildman–Crippen LogP) is 2.09. The molecule has 0 radical (unpaired) electrons. The van der Waals surface area contributed by atoms with Gasteiger partial charge in [-0.05, 0) is 54.1 Å². The number of nitrogens with one attached hydrogen (secondary N) is 1. The van der Waals surface area contributed by atoms with Crippen LogP contribution >= 0.6 is 0 Å². The van der Waals surface area contributed by atoms with Gasteiger partial charge < -0.3 is 10.2 Å². The first-order valence-corrected chi connectivity index (χ1v) is 9.35. The van der Waals surface area contributed by atoms with Crippen molar-refractivity contribution in [2.45, 2.75) is 19.4 Å². The lowest BCUT2D eigenvalue weighted by Crippen LogP contribution is -2.34. The van der Waals surface area contributed by atoms with Gasteiger partial charge in [0.05, 0.1) is 0 Å². The Morgan fingerprint density at radius 3 is 2.79 bits per heavy atom. The Bertz CT molecular complexity index is 646. The van der Waals surface area contributed by atoms with Crippen molar-refractivity contribution in [3.05, 3.63) is 42.2 Å². The van der Waals surface area contributed by atoms with E-state index in [-0.39, 0.29) is 11.8 Å². The highest BCUT2D eigenvalue weighted by Gasteiger charge is 2.59. The molecule has 3 aliphatic carbocycles. The van der Waals surface area contributed by atoms with Crippen LogP contribution in [-0.4, -0.2) is 35.4 Å². The lowest BCUT2D eigenvalue weighted by atomic mass is 9.93. The summed E-state index contributed by atoms with van der Waals surface area (Å²) in [7, 11) is 0. The van der Waals surface area contributed by atoms with Crippen molar-refractivity contribution in [3.63, 3.8) is 0 Å². The molecule has 2 bridgehead atoms. The molecule has 1 amide bonds. The van der Waals surface area contributed by atoms with E-state index in [0.717, 1.165) is 36.4 Å². The van der Waals surface area contributed by atoms with E-state index in [9.17, 15) is 4.79 Å². The zero-order valence-electron chi connectivity index (χ0n) is 14.0. The largest absolute Gasteiger partial charge is 0.352 e. The maximum atomic E-state index is 12.4. The summed E-state index contributed by atoms with van der Waals surface area (Å²) in [5.74, 6) is 4.29. The number of fused-ring (bicyclic) bond motifs is 3. The third-order valence-electron chi connectivity index (χ3n) is 6.67. The number of carbonyl (C=O) groups excluding carboxylic acids is 1. The van der Waals surface area contributed by atoms with Crippen LogP contribution in [0.25, 0.3) is 0 Å². The van der Waals surface area contributed by atoms with Gasteiger partial charge in [0.15, 0.2) is 0 Å². The number of rotatable bonds is 5. The number of amides is 1. The van der Waals surface area contributed by atoms with Crippen molar-refractivity contribution in [1.82, 2.24) is 15.2 Å². The highest BCUT2D eigenvalue weighted by atomic mass is 16.2. The molecule has 3 fully saturated rings. The minimum absolute atomic E-state index is 0.247. The molecule has 24 heavy (non-hydrogen) atoms. The number of likely N-dealkylation sites (tertiary alicyclic amines) is 1. The molecule has 2 unspecified atom stereocenters. The smallest absolute Gasteiger partial charge is 0.224 e. The highest BCUT2D eigenvalue weighted by molar-refractivity contribution is 5.82. The summed E-state index contributed by atoms with van der Waals surface area (Å²) < 4.78 is 0. The Kier molecular flexibility index (Phi) is 3.47. The first-order valence-electron chi connectivity index (χ1n) is 9.35. The molecule has 2 saturated carbocycles. The Morgan fingerprint density at radius 1 is 1.25 bits per heavy atom. The summed E-state index contributed by atoms with van der Waals surface area (Å²) in [5, 5.41) is 3.09. The van der Waals surface area contributed by atoms with Gasteiger partial charge in [0.2, 0.25) is 5.91 Å².